The lowest BCUT2D eigenvalue weighted by Crippen LogP contribution is -2.22. The molecule has 0 spiro atoms. The van der Waals surface area contributed by atoms with Gasteiger partial charge in [-0.15, -0.1) is 0 Å². The van der Waals surface area contributed by atoms with Gasteiger partial charge in [0.2, 0.25) is 0 Å². The molecule has 0 heterocycles. The first-order chi connectivity index (χ1) is 21.0. The fourth-order valence-corrected chi connectivity index (χ4v) is 7.73. The molecule has 0 atom stereocenters. The molecule has 0 N–H and O–H groups in total. The van der Waals surface area contributed by atoms with Crippen LogP contribution < -0.4 is 14.4 Å². The van der Waals surface area contributed by atoms with E-state index >= 15 is 4.57 Å². The van der Waals surface area contributed by atoms with Gasteiger partial charge in [0.25, 0.3) is 0 Å². The van der Waals surface area contributed by atoms with Gasteiger partial charge in [-0.1, -0.05) is 138 Å². The normalized spacial score (nSPS) is 13.1. The molecule has 0 saturated heterocycles. The van der Waals surface area contributed by atoms with Crippen molar-refractivity contribution in [2.24, 2.45) is 0 Å². The first kappa shape index (κ1) is 35.6. The Morgan fingerprint density at radius 1 is 0.457 bits per heavy atom. The van der Waals surface area contributed by atoms with Gasteiger partial charge >= 0.3 is 7.60 Å². The summed E-state index contributed by atoms with van der Waals surface area (Å²) in [5.41, 5.74) is 8.21. The zero-order valence-corrected chi connectivity index (χ0v) is 31.6. The van der Waals surface area contributed by atoms with Crippen molar-refractivity contribution < 1.29 is 13.6 Å². The summed E-state index contributed by atoms with van der Waals surface area (Å²) in [6.45, 7) is 30.6. The van der Waals surface area contributed by atoms with Crippen LogP contribution in [-0.2, 0) is 26.2 Å². The van der Waals surface area contributed by atoms with E-state index < -0.39 is 7.60 Å². The third-order valence-corrected chi connectivity index (χ3v) is 10.4. The second-order valence-electron chi connectivity index (χ2n) is 16.9. The van der Waals surface area contributed by atoms with Crippen molar-refractivity contribution >= 4 is 12.9 Å². The Morgan fingerprint density at radius 2 is 0.804 bits per heavy atom. The number of benzene rings is 4. The molecule has 0 radical (unpaired) electrons. The maximum atomic E-state index is 15.5. The van der Waals surface area contributed by atoms with Crippen molar-refractivity contribution in [3.8, 4) is 22.6 Å². The van der Waals surface area contributed by atoms with Crippen molar-refractivity contribution in [3.05, 3.63) is 112 Å². The Kier molecular flexibility index (Phi) is 9.57. The van der Waals surface area contributed by atoms with Crippen LogP contribution in [0, 0.1) is 13.8 Å². The minimum Gasteiger partial charge on any atom is -0.412 e. The Bertz CT molecular complexity index is 1650. The fraction of sp³-hybridized carbons (Fsp3) is 0.429. The molecule has 0 aliphatic rings. The Labute approximate surface area is 279 Å². The van der Waals surface area contributed by atoms with Crippen molar-refractivity contribution in [2.45, 2.75) is 119 Å². The van der Waals surface area contributed by atoms with Crippen LogP contribution in [-0.4, -0.2) is 0 Å². The molecule has 4 heteroatoms. The van der Waals surface area contributed by atoms with Gasteiger partial charge in [-0.2, -0.15) is 0 Å². The van der Waals surface area contributed by atoms with Crippen LogP contribution in [0.1, 0.15) is 116 Å². The highest BCUT2D eigenvalue weighted by Gasteiger charge is 2.37. The summed E-state index contributed by atoms with van der Waals surface area (Å²) >= 11 is 0. The molecule has 4 aromatic rings. The molecule has 0 aliphatic carbocycles. The van der Waals surface area contributed by atoms with Crippen molar-refractivity contribution in [1.82, 2.24) is 0 Å². The summed E-state index contributed by atoms with van der Waals surface area (Å²) in [7, 11) is -3.97. The van der Waals surface area contributed by atoms with E-state index in [4.69, 9.17) is 9.05 Å². The summed E-state index contributed by atoms with van der Waals surface area (Å²) in [6, 6.07) is 26.6. The van der Waals surface area contributed by atoms with Crippen LogP contribution in [0.4, 0.5) is 0 Å². The van der Waals surface area contributed by atoms with Gasteiger partial charge in [0.05, 0.1) is 5.30 Å². The maximum Gasteiger partial charge on any atom is 0.462 e. The third-order valence-electron chi connectivity index (χ3n) is 8.61. The van der Waals surface area contributed by atoms with Crippen LogP contribution in [0.25, 0.3) is 11.1 Å². The molecular weight excluding hydrogens is 583 g/mol. The van der Waals surface area contributed by atoms with Crippen LogP contribution in [0.5, 0.6) is 11.5 Å². The highest BCUT2D eigenvalue weighted by Crippen LogP contribution is 2.53. The lowest BCUT2D eigenvalue weighted by atomic mass is 9.78. The summed E-state index contributed by atoms with van der Waals surface area (Å²) < 4.78 is 29.1. The van der Waals surface area contributed by atoms with E-state index in [1.807, 2.05) is 54.6 Å². The Hall–Kier alpha value is -3.29. The average molecular weight is 639 g/mol. The second kappa shape index (κ2) is 12.4. The van der Waals surface area contributed by atoms with Gasteiger partial charge in [-0.3, -0.25) is 0 Å². The van der Waals surface area contributed by atoms with E-state index in [1.165, 1.54) is 11.1 Å². The number of hydrogen-bond acceptors (Lipinski definition) is 3. The van der Waals surface area contributed by atoms with E-state index in [1.54, 1.807) is 0 Å². The van der Waals surface area contributed by atoms with Gasteiger partial charge in [-0.25, -0.2) is 4.57 Å². The van der Waals surface area contributed by atoms with Gasteiger partial charge in [-0.05, 0) is 93.2 Å². The SMILES string of the molecule is Cc1cc(OP(=O)(Oc2cc(C)c(C(C)(C)C)cc2C(C)(C)C)c2ccc(-c3ccccc3)cc2)c(C(C)(C)C)cc1C(C)(C)C. The van der Waals surface area contributed by atoms with E-state index in [2.05, 4.69) is 121 Å². The zero-order chi connectivity index (χ0) is 34.5. The lowest BCUT2D eigenvalue weighted by molar-refractivity contribution is 0.387. The smallest absolute Gasteiger partial charge is 0.412 e. The van der Waals surface area contributed by atoms with Crippen molar-refractivity contribution in [2.75, 3.05) is 0 Å². The van der Waals surface area contributed by atoms with Crippen LogP contribution in [0.3, 0.4) is 0 Å². The summed E-state index contributed by atoms with van der Waals surface area (Å²) in [5, 5.41) is 0.516. The molecule has 0 saturated carbocycles. The maximum absolute atomic E-state index is 15.5. The fourth-order valence-electron chi connectivity index (χ4n) is 6.15. The monoisotopic (exact) mass is 638 g/mol. The van der Waals surface area contributed by atoms with E-state index in [9.17, 15) is 0 Å². The quantitative estimate of drug-likeness (QED) is 0.197. The van der Waals surface area contributed by atoms with Crippen LogP contribution >= 0.6 is 7.60 Å². The number of rotatable bonds is 6. The standard InChI is InChI=1S/C42H55O3P/c1-28-24-37(35(41(9,10)11)26-33(28)39(3,4)5)44-46(43,32-22-20-31(21-23-32)30-18-16-15-17-19-30)45-38-25-29(2)34(40(6,7)8)27-36(38)42(12,13)14/h15-27H,1-14H3. The molecule has 0 fully saturated rings. The average Bonchev–Trinajstić information content (AvgIpc) is 2.91. The predicted molar refractivity (Wildman–Crippen MR) is 198 cm³/mol. The third kappa shape index (κ3) is 7.80. The molecule has 246 valence electrons. The van der Waals surface area contributed by atoms with E-state index in [0.29, 0.717) is 16.8 Å². The molecule has 0 unspecified atom stereocenters. The topological polar surface area (TPSA) is 35.5 Å². The largest absolute Gasteiger partial charge is 0.462 e. The highest BCUT2D eigenvalue weighted by molar-refractivity contribution is 7.63. The predicted octanol–water partition coefficient (Wildman–Crippen LogP) is 12.1. The van der Waals surface area contributed by atoms with E-state index in [-0.39, 0.29) is 21.7 Å². The Balaban J connectivity index is 1.96. The van der Waals surface area contributed by atoms with Gasteiger partial charge in [0.15, 0.2) is 0 Å². The van der Waals surface area contributed by atoms with Gasteiger partial charge < -0.3 is 9.05 Å². The van der Waals surface area contributed by atoms with Crippen molar-refractivity contribution in [3.63, 3.8) is 0 Å². The minimum atomic E-state index is -3.97. The first-order valence-corrected chi connectivity index (χ1v) is 18.0. The van der Waals surface area contributed by atoms with Gasteiger partial charge in [0.1, 0.15) is 11.5 Å². The summed E-state index contributed by atoms with van der Waals surface area (Å²) in [4.78, 5) is 0. The van der Waals surface area contributed by atoms with Gasteiger partial charge in [0, 0.05) is 11.1 Å². The van der Waals surface area contributed by atoms with Crippen molar-refractivity contribution in [1.29, 1.82) is 0 Å². The molecule has 0 bridgehead atoms. The molecule has 3 nitrogen and oxygen atoms in total. The number of aryl methyl sites for hydroxylation is 2. The number of hydrogen-bond donors (Lipinski definition) is 0. The molecule has 0 amide bonds. The first-order valence-electron chi connectivity index (χ1n) is 16.5. The minimum absolute atomic E-state index is 0.0516. The van der Waals surface area contributed by atoms with E-state index in [0.717, 1.165) is 33.4 Å². The molecule has 4 aromatic carbocycles. The van der Waals surface area contributed by atoms with Crippen LogP contribution in [0.2, 0.25) is 0 Å². The Morgan fingerprint density at radius 3 is 1.15 bits per heavy atom. The summed E-state index contributed by atoms with van der Waals surface area (Å²) in [6.07, 6.45) is 0. The molecular formula is C42H55O3P. The molecule has 4 rings (SSSR count). The lowest BCUT2D eigenvalue weighted by Gasteiger charge is -2.32. The molecule has 0 aliphatic heterocycles. The van der Waals surface area contributed by atoms with Crippen LogP contribution in [0.15, 0.2) is 78.9 Å². The molecule has 0 aromatic heterocycles. The molecule has 46 heavy (non-hydrogen) atoms. The second-order valence-corrected chi connectivity index (χ2v) is 18.8. The zero-order valence-electron chi connectivity index (χ0n) is 30.7. The summed E-state index contributed by atoms with van der Waals surface area (Å²) in [5.74, 6) is 1.18. The highest BCUT2D eigenvalue weighted by atomic mass is 31.2.